The van der Waals surface area contributed by atoms with E-state index in [0.29, 0.717) is 17.8 Å². The Kier molecular flexibility index (Phi) is 4.98. The summed E-state index contributed by atoms with van der Waals surface area (Å²) in [5.41, 5.74) is -0.359. The number of hydrogen-bond acceptors (Lipinski definition) is 1. The number of aliphatic hydroxyl groups is 1. The Bertz CT molecular complexity index is 285. The maximum absolute atomic E-state index is 11.5. The highest BCUT2D eigenvalue weighted by Crippen LogP contribution is 2.52. The van der Waals surface area contributed by atoms with Crippen LogP contribution in [-0.2, 0) is 0 Å². The second kappa shape index (κ2) is 6.16. The van der Waals surface area contributed by atoms with Gasteiger partial charge in [-0.05, 0) is 48.9 Å². The van der Waals surface area contributed by atoms with Gasteiger partial charge in [-0.1, -0.05) is 59.8 Å². The highest BCUT2D eigenvalue weighted by atomic mass is 16.3. The molecule has 1 nitrogen and oxygen atoms in total. The van der Waals surface area contributed by atoms with Gasteiger partial charge in [0.1, 0.15) is 0 Å². The molecule has 0 heterocycles. The Morgan fingerprint density at radius 1 is 1.11 bits per heavy atom. The van der Waals surface area contributed by atoms with E-state index in [0.717, 1.165) is 24.7 Å². The van der Waals surface area contributed by atoms with Crippen LogP contribution in [0.1, 0.15) is 79.1 Å². The molecule has 2 saturated carbocycles. The third-order valence-corrected chi connectivity index (χ3v) is 6.28. The second-order valence-electron chi connectivity index (χ2n) is 7.68. The van der Waals surface area contributed by atoms with Gasteiger partial charge in [0.15, 0.2) is 0 Å². The Hall–Kier alpha value is -0.0400. The fourth-order valence-electron chi connectivity index (χ4n) is 5.32. The molecule has 2 fully saturated rings. The summed E-state index contributed by atoms with van der Waals surface area (Å²) in [6, 6.07) is 0. The highest BCUT2D eigenvalue weighted by Gasteiger charge is 2.50. The van der Waals surface area contributed by atoms with Crippen molar-refractivity contribution in [2.75, 3.05) is 0 Å². The summed E-state index contributed by atoms with van der Waals surface area (Å²) < 4.78 is 0. The van der Waals surface area contributed by atoms with Crippen LogP contribution in [0.2, 0.25) is 0 Å². The van der Waals surface area contributed by atoms with Crippen LogP contribution in [0.15, 0.2) is 0 Å². The molecule has 5 unspecified atom stereocenters. The Labute approximate surface area is 120 Å². The minimum Gasteiger partial charge on any atom is -0.389 e. The summed E-state index contributed by atoms with van der Waals surface area (Å²) in [5.74, 6) is 3.26. The van der Waals surface area contributed by atoms with Crippen molar-refractivity contribution in [3.63, 3.8) is 0 Å². The van der Waals surface area contributed by atoms with E-state index in [1.54, 1.807) is 0 Å². The summed E-state index contributed by atoms with van der Waals surface area (Å²) in [6.45, 7) is 9.41. The van der Waals surface area contributed by atoms with Gasteiger partial charge in [0, 0.05) is 0 Å². The largest absolute Gasteiger partial charge is 0.389 e. The third-order valence-electron chi connectivity index (χ3n) is 6.28. The quantitative estimate of drug-likeness (QED) is 0.760. The smallest absolute Gasteiger partial charge is 0.0709 e. The Morgan fingerprint density at radius 3 is 2.47 bits per heavy atom. The first kappa shape index (κ1) is 15.4. The van der Waals surface area contributed by atoms with Crippen LogP contribution in [-0.4, -0.2) is 10.7 Å². The third kappa shape index (κ3) is 2.86. The van der Waals surface area contributed by atoms with E-state index in [9.17, 15) is 5.11 Å². The summed E-state index contributed by atoms with van der Waals surface area (Å²) in [7, 11) is 0. The van der Waals surface area contributed by atoms with Crippen molar-refractivity contribution in [2.45, 2.75) is 84.7 Å². The molecule has 5 atom stereocenters. The molecule has 0 aromatic heterocycles. The number of rotatable bonds is 3. The monoisotopic (exact) mass is 266 g/mol. The summed E-state index contributed by atoms with van der Waals surface area (Å²) in [5, 5.41) is 11.5. The Morgan fingerprint density at radius 2 is 1.84 bits per heavy atom. The minimum atomic E-state index is -0.359. The first-order chi connectivity index (χ1) is 9.00. The topological polar surface area (TPSA) is 20.2 Å². The van der Waals surface area contributed by atoms with Crippen LogP contribution in [0, 0.1) is 29.6 Å². The van der Waals surface area contributed by atoms with Gasteiger partial charge in [-0.25, -0.2) is 0 Å². The molecule has 2 rings (SSSR count). The lowest BCUT2D eigenvalue weighted by molar-refractivity contribution is -0.146. The highest BCUT2D eigenvalue weighted by molar-refractivity contribution is 5.00. The zero-order chi connectivity index (χ0) is 14.0. The van der Waals surface area contributed by atoms with Crippen LogP contribution in [0.3, 0.4) is 0 Å². The maximum Gasteiger partial charge on any atom is 0.0709 e. The predicted molar refractivity (Wildman–Crippen MR) is 82.0 cm³/mol. The molecule has 2 aliphatic rings. The fraction of sp³-hybridized carbons (Fsp3) is 1.00. The van der Waals surface area contributed by atoms with Gasteiger partial charge in [0.2, 0.25) is 0 Å². The molecule has 0 aromatic carbocycles. The zero-order valence-electron chi connectivity index (χ0n) is 13.5. The molecule has 1 heteroatoms. The molecule has 0 bridgehead atoms. The van der Waals surface area contributed by atoms with Crippen LogP contribution >= 0.6 is 0 Å². The lowest BCUT2D eigenvalue weighted by Crippen LogP contribution is -2.54. The van der Waals surface area contributed by atoms with Crippen LogP contribution < -0.4 is 0 Å². The molecule has 0 radical (unpaired) electrons. The summed E-state index contributed by atoms with van der Waals surface area (Å²) in [4.78, 5) is 0. The predicted octanol–water partition coefficient (Wildman–Crippen LogP) is 5.03. The molecule has 0 spiro atoms. The van der Waals surface area contributed by atoms with E-state index in [4.69, 9.17) is 0 Å². The van der Waals surface area contributed by atoms with Crippen LogP contribution in [0.5, 0.6) is 0 Å². The van der Waals surface area contributed by atoms with Crippen LogP contribution in [0.4, 0.5) is 0 Å². The van der Waals surface area contributed by atoms with Crippen molar-refractivity contribution >= 4 is 0 Å². The SMILES string of the molecule is CCC1CCCCC1(O)C1C(C)CCCC1C(C)C. The van der Waals surface area contributed by atoms with Crippen molar-refractivity contribution in [3.05, 3.63) is 0 Å². The molecule has 0 amide bonds. The zero-order valence-corrected chi connectivity index (χ0v) is 13.5. The molecule has 0 saturated heterocycles. The first-order valence-electron chi connectivity index (χ1n) is 8.73. The van der Waals surface area contributed by atoms with Gasteiger partial charge in [0.05, 0.1) is 5.60 Å². The fourth-order valence-corrected chi connectivity index (χ4v) is 5.32. The molecule has 19 heavy (non-hydrogen) atoms. The van der Waals surface area contributed by atoms with E-state index >= 15 is 0 Å². The van der Waals surface area contributed by atoms with E-state index in [-0.39, 0.29) is 5.60 Å². The van der Waals surface area contributed by atoms with Crippen molar-refractivity contribution < 1.29 is 5.11 Å². The molecule has 2 aliphatic carbocycles. The lowest BCUT2D eigenvalue weighted by Gasteiger charge is -2.53. The van der Waals surface area contributed by atoms with Crippen molar-refractivity contribution in [3.8, 4) is 0 Å². The molecular weight excluding hydrogens is 232 g/mol. The van der Waals surface area contributed by atoms with Crippen molar-refractivity contribution in [1.29, 1.82) is 0 Å². The van der Waals surface area contributed by atoms with E-state index < -0.39 is 0 Å². The summed E-state index contributed by atoms with van der Waals surface area (Å²) in [6.07, 6.45) is 10.1. The van der Waals surface area contributed by atoms with Gasteiger partial charge in [-0.2, -0.15) is 0 Å². The van der Waals surface area contributed by atoms with Gasteiger partial charge < -0.3 is 5.11 Å². The molecule has 0 aromatic rings. The molecule has 112 valence electrons. The molecular formula is C18H34O. The van der Waals surface area contributed by atoms with Gasteiger partial charge in [-0.3, -0.25) is 0 Å². The Balaban J connectivity index is 2.27. The van der Waals surface area contributed by atoms with E-state index in [2.05, 4.69) is 27.7 Å². The first-order valence-corrected chi connectivity index (χ1v) is 8.73. The lowest BCUT2D eigenvalue weighted by atomic mass is 9.55. The van der Waals surface area contributed by atoms with E-state index in [1.807, 2.05) is 0 Å². The standard InChI is InChI=1S/C18H34O/c1-5-15-10-6-7-12-18(15,19)17-14(4)9-8-11-16(17)13(2)3/h13-17,19H,5-12H2,1-4H3. The minimum absolute atomic E-state index is 0.359. The molecule has 1 N–H and O–H groups in total. The van der Waals surface area contributed by atoms with Gasteiger partial charge in [-0.15, -0.1) is 0 Å². The maximum atomic E-state index is 11.5. The average molecular weight is 266 g/mol. The normalized spacial score (nSPS) is 44.5. The molecule has 0 aliphatic heterocycles. The second-order valence-corrected chi connectivity index (χ2v) is 7.68. The average Bonchev–Trinajstić information content (AvgIpc) is 2.38. The number of hydrogen-bond donors (Lipinski definition) is 1. The van der Waals surface area contributed by atoms with Gasteiger partial charge in [0.25, 0.3) is 0 Å². The van der Waals surface area contributed by atoms with Crippen LogP contribution in [0.25, 0.3) is 0 Å². The van der Waals surface area contributed by atoms with Crippen molar-refractivity contribution in [1.82, 2.24) is 0 Å². The van der Waals surface area contributed by atoms with E-state index in [1.165, 1.54) is 38.5 Å². The van der Waals surface area contributed by atoms with Crippen molar-refractivity contribution in [2.24, 2.45) is 29.6 Å². The summed E-state index contributed by atoms with van der Waals surface area (Å²) >= 11 is 0. The van der Waals surface area contributed by atoms with Gasteiger partial charge >= 0.3 is 0 Å².